The molecule has 1 aromatic heterocycles. The minimum absolute atomic E-state index is 0.0279. The zero-order chi connectivity index (χ0) is 24.7. The Bertz CT molecular complexity index is 935. The number of benzene rings is 1. The van der Waals surface area contributed by atoms with Crippen LogP contribution >= 0.6 is 11.3 Å². The van der Waals surface area contributed by atoms with Crippen LogP contribution < -0.4 is 4.74 Å². The smallest absolute Gasteiger partial charge is 0.237 e. The molecule has 0 bridgehead atoms. The first-order valence-corrected chi connectivity index (χ1v) is 12.7. The second kappa shape index (κ2) is 12.0. The van der Waals surface area contributed by atoms with Gasteiger partial charge in [0.1, 0.15) is 12.4 Å². The predicted molar refractivity (Wildman–Crippen MR) is 137 cm³/mol. The van der Waals surface area contributed by atoms with Crippen LogP contribution in [-0.4, -0.2) is 71.9 Å². The highest BCUT2D eigenvalue weighted by Gasteiger charge is 2.33. The van der Waals surface area contributed by atoms with E-state index in [2.05, 4.69) is 18.0 Å². The minimum atomic E-state index is -0.683. The fraction of sp³-hybridized carbons (Fsp3) is 0.519. The van der Waals surface area contributed by atoms with Gasteiger partial charge < -0.3 is 19.5 Å². The van der Waals surface area contributed by atoms with Gasteiger partial charge in [0.15, 0.2) is 0 Å². The molecule has 6 nitrogen and oxygen atoms in total. The number of carbonyl (C=O) groups is 1. The van der Waals surface area contributed by atoms with Gasteiger partial charge >= 0.3 is 0 Å². The number of thiophene rings is 1. The average Bonchev–Trinajstić information content (AvgIpc) is 3.26. The molecule has 1 aliphatic heterocycles. The standard InChI is InChI=1S/C27H38N2O4S/c1-6-13-28(16-21(30)18-33-27(3,4)5)17-26(31)29-14-11-25-23(12-15-34-25)24(29)19-32-22-9-7-20(2)8-10-22/h6-10,12,15,21,24,30H,1,11,13-14,16-19H2,2-5H3/t21-,24-/m1/s1. The largest absolute Gasteiger partial charge is 0.491 e. The van der Waals surface area contributed by atoms with Gasteiger partial charge in [-0.15, -0.1) is 17.9 Å². The van der Waals surface area contributed by atoms with Crippen molar-refractivity contribution < 1.29 is 19.4 Å². The van der Waals surface area contributed by atoms with E-state index < -0.39 is 6.10 Å². The molecule has 186 valence electrons. The summed E-state index contributed by atoms with van der Waals surface area (Å²) >= 11 is 1.74. The molecular formula is C27H38N2O4S. The van der Waals surface area contributed by atoms with E-state index in [1.165, 1.54) is 16.0 Å². The molecule has 7 heteroatoms. The topological polar surface area (TPSA) is 62.2 Å². The van der Waals surface area contributed by atoms with Crippen LogP contribution in [-0.2, 0) is 16.0 Å². The summed E-state index contributed by atoms with van der Waals surface area (Å²) in [5, 5.41) is 12.6. The number of nitrogens with zero attached hydrogens (tertiary/aromatic N) is 2. The van der Waals surface area contributed by atoms with Gasteiger partial charge in [0.25, 0.3) is 0 Å². The Labute approximate surface area is 207 Å². The fourth-order valence-electron chi connectivity index (χ4n) is 4.05. The number of hydrogen-bond donors (Lipinski definition) is 1. The number of aliphatic hydroxyl groups is 1. The Hall–Kier alpha value is -2.19. The van der Waals surface area contributed by atoms with Gasteiger partial charge in [0.05, 0.1) is 30.9 Å². The zero-order valence-electron chi connectivity index (χ0n) is 20.8. The molecule has 0 radical (unpaired) electrons. The first-order valence-electron chi connectivity index (χ1n) is 11.9. The van der Waals surface area contributed by atoms with E-state index in [4.69, 9.17) is 9.47 Å². The second-order valence-corrected chi connectivity index (χ2v) is 10.8. The minimum Gasteiger partial charge on any atom is -0.491 e. The Morgan fingerprint density at radius 2 is 2.06 bits per heavy atom. The van der Waals surface area contributed by atoms with Gasteiger partial charge in [-0.3, -0.25) is 9.69 Å². The molecule has 0 saturated heterocycles. The van der Waals surface area contributed by atoms with Crippen LogP contribution in [0.3, 0.4) is 0 Å². The number of ether oxygens (including phenoxy) is 2. The lowest BCUT2D eigenvalue weighted by Crippen LogP contribution is -2.48. The second-order valence-electron chi connectivity index (χ2n) is 9.84. The van der Waals surface area contributed by atoms with Crippen molar-refractivity contribution in [3.8, 4) is 5.75 Å². The maximum Gasteiger partial charge on any atom is 0.237 e. The molecule has 2 aromatic rings. The Morgan fingerprint density at radius 1 is 1.32 bits per heavy atom. The van der Waals surface area contributed by atoms with Crippen LogP contribution in [0.2, 0.25) is 0 Å². The fourth-order valence-corrected chi connectivity index (χ4v) is 4.98. The third kappa shape index (κ3) is 7.67. The van der Waals surface area contributed by atoms with Crippen LogP contribution in [0.15, 0.2) is 48.4 Å². The van der Waals surface area contributed by atoms with Crippen molar-refractivity contribution in [2.24, 2.45) is 0 Å². The number of fused-ring (bicyclic) bond motifs is 1. The number of carbonyl (C=O) groups excluding carboxylic acids is 1. The van der Waals surface area contributed by atoms with E-state index in [1.54, 1.807) is 17.4 Å². The normalized spacial score (nSPS) is 16.9. The summed E-state index contributed by atoms with van der Waals surface area (Å²) in [6.45, 7) is 14.1. The highest BCUT2D eigenvalue weighted by Crippen LogP contribution is 2.34. The van der Waals surface area contributed by atoms with E-state index in [-0.39, 0.29) is 30.7 Å². The maximum atomic E-state index is 13.5. The molecule has 3 rings (SSSR count). The van der Waals surface area contributed by atoms with Crippen molar-refractivity contribution in [2.75, 3.05) is 39.4 Å². The molecule has 0 unspecified atom stereocenters. The molecular weight excluding hydrogens is 448 g/mol. The van der Waals surface area contributed by atoms with Crippen molar-refractivity contribution >= 4 is 17.2 Å². The lowest BCUT2D eigenvalue weighted by molar-refractivity contribution is -0.136. The van der Waals surface area contributed by atoms with Crippen LogP contribution in [0, 0.1) is 6.92 Å². The molecule has 1 aliphatic rings. The molecule has 0 fully saturated rings. The van der Waals surface area contributed by atoms with Gasteiger partial charge in [0, 0.05) is 24.5 Å². The molecule has 0 aliphatic carbocycles. The number of aliphatic hydroxyl groups excluding tert-OH is 1. The lowest BCUT2D eigenvalue weighted by atomic mass is 10.0. The highest BCUT2D eigenvalue weighted by atomic mass is 32.1. The summed E-state index contributed by atoms with van der Waals surface area (Å²) in [4.78, 5) is 18.6. The number of amides is 1. The van der Waals surface area contributed by atoms with Crippen LogP contribution in [0.4, 0.5) is 0 Å². The van der Waals surface area contributed by atoms with Gasteiger partial charge in [0.2, 0.25) is 5.91 Å². The van der Waals surface area contributed by atoms with E-state index in [1.807, 2.05) is 61.8 Å². The first-order chi connectivity index (χ1) is 16.2. The average molecular weight is 487 g/mol. The molecule has 2 atom stereocenters. The SMILES string of the molecule is C=CCN(CC(=O)N1CCc2sccc2[C@H]1COc1ccc(C)cc1)C[C@@H](O)COC(C)(C)C. The van der Waals surface area contributed by atoms with Crippen molar-refractivity contribution in [1.82, 2.24) is 9.80 Å². The highest BCUT2D eigenvalue weighted by molar-refractivity contribution is 7.10. The number of hydrogen-bond acceptors (Lipinski definition) is 6. The van der Waals surface area contributed by atoms with E-state index in [0.29, 0.717) is 26.2 Å². The quantitative estimate of drug-likeness (QED) is 0.482. The summed E-state index contributed by atoms with van der Waals surface area (Å²) in [5.41, 5.74) is 2.03. The molecule has 34 heavy (non-hydrogen) atoms. The molecule has 0 saturated carbocycles. The van der Waals surface area contributed by atoms with Gasteiger partial charge in [-0.05, 0) is 63.3 Å². The third-order valence-electron chi connectivity index (χ3n) is 5.77. The van der Waals surface area contributed by atoms with Crippen molar-refractivity contribution in [3.05, 3.63) is 64.4 Å². The van der Waals surface area contributed by atoms with Gasteiger partial charge in [-0.1, -0.05) is 23.8 Å². The monoisotopic (exact) mass is 486 g/mol. The van der Waals surface area contributed by atoms with Crippen LogP contribution in [0.1, 0.15) is 42.8 Å². The molecule has 2 heterocycles. The Morgan fingerprint density at radius 3 is 2.74 bits per heavy atom. The summed E-state index contributed by atoms with van der Waals surface area (Å²) in [6, 6.07) is 9.95. The van der Waals surface area contributed by atoms with E-state index >= 15 is 0 Å². The molecule has 1 aromatic carbocycles. The lowest BCUT2D eigenvalue weighted by Gasteiger charge is -2.37. The third-order valence-corrected chi connectivity index (χ3v) is 6.76. The van der Waals surface area contributed by atoms with E-state index in [0.717, 1.165) is 12.2 Å². The van der Waals surface area contributed by atoms with Crippen LogP contribution in [0.25, 0.3) is 0 Å². The Kier molecular flexibility index (Phi) is 9.31. The number of rotatable bonds is 11. The summed E-state index contributed by atoms with van der Waals surface area (Å²) in [6.07, 6.45) is 1.93. The summed E-state index contributed by atoms with van der Waals surface area (Å²) in [7, 11) is 0. The van der Waals surface area contributed by atoms with Crippen LogP contribution in [0.5, 0.6) is 5.75 Å². The number of aryl methyl sites for hydroxylation is 1. The first kappa shape index (κ1) is 26.4. The zero-order valence-corrected chi connectivity index (χ0v) is 21.6. The molecule has 0 spiro atoms. The van der Waals surface area contributed by atoms with Crippen molar-refractivity contribution in [1.29, 1.82) is 0 Å². The van der Waals surface area contributed by atoms with E-state index in [9.17, 15) is 9.90 Å². The Balaban J connectivity index is 1.67. The van der Waals surface area contributed by atoms with Gasteiger partial charge in [-0.2, -0.15) is 0 Å². The molecule has 1 N–H and O–H groups in total. The van der Waals surface area contributed by atoms with Crippen molar-refractivity contribution in [3.63, 3.8) is 0 Å². The summed E-state index contributed by atoms with van der Waals surface area (Å²) < 4.78 is 11.8. The predicted octanol–water partition coefficient (Wildman–Crippen LogP) is 4.23. The summed E-state index contributed by atoms with van der Waals surface area (Å²) in [5.74, 6) is 0.829. The maximum absolute atomic E-state index is 13.5. The van der Waals surface area contributed by atoms with Gasteiger partial charge in [-0.25, -0.2) is 0 Å². The van der Waals surface area contributed by atoms with Crippen molar-refractivity contribution in [2.45, 2.75) is 51.9 Å². The molecule has 1 amide bonds.